The predicted molar refractivity (Wildman–Crippen MR) is 271 cm³/mol. The normalized spacial score (nSPS) is 35.1. The molecule has 73 heavy (non-hydrogen) atoms. The Balaban J connectivity index is 1.69. The molecule has 15 atom stereocenters. The Morgan fingerprint density at radius 3 is 2.21 bits per heavy atom. The lowest BCUT2D eigenvalue weighted by Crippen LogP contribution is -2.61. The molecule has 0 aromatic rings. The molecule has 2 bridgehead atoms. The fourth-order valence-corrected chi connectivity index (χ4v) is 10.7. The minimum atomic E-state index is -2.47. The van der Waals surface area contributed by atoms with Gasteiger partial charge in [0.25, 0.3) is 11.7 Å². The third kappa shape index (κ3) is 16.0. The Hall–Kier alpha value is -3.94. The molecule has 17 nitrogen and oxygen atoms in total. The van der Waals surface area contributed by atoms with E-state index in [-0.39, 0.29) is 42.8 Å². The van der Waals surface area contributed by atoms with Gasteiger partial charge in [-0.2, -0.15) is 0 Å². The van der Waals surface area contributed by atoms with Crippen molar-refractivity contribution in [3.63, 3.8) is 0 Å². The Kier molecular flexibility index (Phi) is 23.9. The van der Waals surface area contributed by atoms with Crippen LogP contribution in [0.15, 0.2) is 47.6 Å². The summed E-state index contributed by atoms with van der Waals surface area (Å²) in [6.07, 6.45) is 9.76. The predicted octanol–water partition coefficient (Wildman–Crippen LogP) is 5.72. The largest absolute Gasteiger partial charge is 0.460 e. The van der Waals surface area contributed by atoms with Crippen LogP contribution in [-0.4, -0.2) is 156 Å². The molecular weight excluding hydrogens is 943 g/mol. The molecule has 1 aliphatic carbocycles. The molecule has 4 rings (SSSR count). The maximum atomic E-state index is 14.5. The fourth-order valence-electron chi connectivity index (χ4n) is 10.7. The molecule has 1 saturated carbocycles. The SMILES string of the molecule is CO[C@H]1C[C@@H]2CC[C@@H](C)[C@@](O)(O2)C(=O)C(=O)N2CCCC[C@H]2C(=O)O[C@H]([C@@H](C)C[C@@H]2CC[C@@H](OC(=O)C(C)(CO)CO)[C@H](OC)C2)CC(=O)[C@H](C)C=C(C)[C@@H](O)[C@@H](OC)C(=O)[C@H](C)C[C@H](C)C=CC=CC=C1C. The molecule has 17 heteroatoms. The van der Waals surface area contributed by atoms with Crippen molar-refractivity contribution in [2.45, 2.75) is 187 Å². The number of carbonyl (C=O) groups excluding carboxylic acids is 6. The van der Waals surface area contributed by atoms with Crippen molar-refractivity contribution in [3.05, 3.63) is 47.6 Å². The molecule has 3 aliphatic heterocycles. The summed E-state index contributed by atoms with van der Waals surface area (Å²) < 4.78 is 35.4. The highest BCUT2D eigenvalue weighted by atomic mass is 16.6. The van der Waals surface area contributed by atoms with Crippen LogP contribution in [0.5, 0.6) is 0 Å². The summed E-state index contributed by atoms with van der Waals surface area (Å²) in [4.78, 5) is 85.4. The Labute approximate surface area is 433 Å². The van der Waals surface area contributed by atoms with Gasteiger partial charge in [-0.25, -0.2) is 4.79 Å². The van der Waals surface area contributed by atoms with Crippen LogP contribution in [0.2, 0.25) is 0 Å². The zero-order chi connectivity index (χ0) is 54.4. The van der Waals surface area contributed by atoms with E-state index in [4.69, 9.17) is 28.4 Å². The van der Waals surface area contributed by atoms with Gasteiger partial charge in [0, 0.05) is 58.5 Å². The number of amides is 1. The van der Waals surface area contributed by atoms with Crippen LogP contribution >= 0.6 is 0 Å². The van der Waals surface area contributed by atoms with Gasteiger partial charge in [0.05, 0.1) is 31.5 Å². The molecule has 3 fully saturated rings. The number of carbonyl (C=O) groups is 6. The zero-order valence-electron chi connectivity index (χ0n) is 45.3. The van der Waals surface area contributed by atoms with Crippen LogP contribution in [-0.2, 0) is 57.2 Å². The van der Waals surface area contributed by atoms with Crippen molar-refractivity contribution in [3.8, 4) is 0 Å². The summed E-state index contributed by atoms with van der Waals surface area (Å²) in [5.41, 5.74) is -0.277. The number of fused-ring (bicyclic) bond motifs is 3. The van der Waals surface area contributed by atoms with E-state index < -0.39 is 120 Å². The van der Waals surface area contributed by atoms with Crippen LogP contribution in [0.25, 0.3) is 0 Å². The first-order chi connectivity index (χ1) is 34.5. The van der Waals surface area contributed by atoms with Gasteiger partial charge >= 0.3 is 11.9 Å². The second-order valence-electron chi connectivity index (χ2n) is 21.8. The summed E-state index contributed by atoms with van der Waals surface area (Å²) >= 11 is 0. The minimum Gasteiger partial charge on any atom is -0.460 e. The number of Topliss-reactive ketones (excluding diaryl/α,β-unsaturated/α-hetero) is 3. The highest BCUT2D eigenvalue weighted by Crippen LogP contribution is 2.38. The number of cyclic esters (lactones) is 1. The quantitative estimate of drug-likeness (QED) is 0.116. The standard InChI is InChI=1S/C56H87NO16/c1-33-17-13-12-14-18-34(2)45(68-9)29-41-22-20-39(7)56(67,73-41)51(63)52(64)57-24-16-15-19-42(57)53(65)71-46(30-43(60)35(3)26-38(6)49(62)50(70-11)48(61)37(5)25-33)36(4)27-40-21-23-44(47(28-40)69-10)72-54(66)55(8,31-58)32-59/h12-14,17-18,26,33,35-37,39-42,44-47,49-50,58-59,62,67H,15-16,19-25,27-32H2,1-11H3/t33-,35-,36+,37-,39-,40+,41+,42+,44-,45+,46+,47-,49-,50+,56-/m1/s1. The van der Waals surface area contributed by atoms with E-state index in [1.807, 2.05) is 51.2 Å². The number of aliphatic hydroxyl groups is 4. The Morgan fingerprint density at radius 2 is 1.56 bits per heavy atom. The van der Waals surface area contributed by atoms with Crippen molar-refractivity contribution in [2.75, 3.05) is 41.1 Å². The number of allylic oxidation sites excluding steroid dienone is 6. The van der Waals surface area contributed by atoms with Gasteiger partial charge in [-0.15, -0.1) is 0 Å². The maximum Gasteiger partial charge on any atom is 0.329 e. The molecule has 3 heterocycles. The van der Waals surface area contributed by atoms with Gasteiger partial charge in [-0.1, -0.05) is 71.1 Å². The molecule has 0 aromatic carbocycles. The Bertz CT molecular complexity index is 2010. The average molecular weight is 1030 g/mol. The highest BCUT2D eigenvalue weighted by molar-refractivity contribution is 6.39. The van der Waals surface area contributed by atoms with E-state index in [1.54, 1.807) is 40.9 Å². The number of aliphatic hydroxyl groups excluding tert-OH is 3. The van der Waals surface area contributed by atoms with Gasteiger partial charge in [-0.05, 0) is 114 Å². The molecule has 0 spiro atoms. The van der Waals surface area contributed by atoms with Crippen LogP contribution < -0.4 is 0 Å². The number of hydrogen-bond acceptors (Lipinski definition) is 16. The first-order valence-corrected chi connectivity index (χ1v) is 26.4. The summed E-state index contributed by atoms with van der Waals surface area (Å²) in [6.45, 7) is 12.7. The van der Waals surface area contributed by atoms with Crippen molar-refractivity contribution in [1.29, 1.82) is 0 Å². The molecule has 0 radical (unpaired) electrons. The monoisotopic (exact) mass is 1030 g/mol. The van der Waals surface area contributed by atoms with E-state index in [0.29, 0.717) is 69.8 Å². The van der Waals surface area contributed by atoms with E-state index in [2.05, 4.69) is 0 Å². The van der Waals surface area contributed by atoms with Crippen LogP contribution in [0.3, 0.4) is 0 Å². The summed E-state index contributed by atoms with van der Waals surface area (Å²) in [7, 11) is 4.43. The third-order valence-corrected chi connectivity index (χ3v) is 15.9. The number of hydrogen-bond donors (Lipinski definition) is 4. The Morgan fingerprint density at radius 1 is 0.863 bits per heavy atom. The molecule has 2 saturated heterocycles. The van der Waals surface area contributed by atoms with E-state index in [9.17, 15) is 49.2 Å². The first kappa shape index (κ1) is 61.6. The van der Waals surface area contributed by atoms with Crippen LogP contribution in [0.1, 0.15) is 132 Å². The average Bonchev–Trinajstić information content (AvgIpc) is 3.37. The number of methoxy groups -OCH3 is 3. The molecular formula is C56H87NO16. The topological polar surface area (TPSA) is 242 Å². The molecule has 4 aliphatic rings. The van der Waals surface area contributed by atoms with Gasteiger partial charge in [0.2, 0.25) is 5.79 Å². The van der Waals surface area contributed by atoms with Crippen molar-refractivity contribution >= 4 is 35.2 Å². The van der Waals surface area contributed by atoms with Gasteiger partial charge in [0.15, 0.2) is 5.78 Å². The van der Waals surface area contributed by atoms with Crippen molar-refractivity contribution in [2.24, 2.45) is 40.9 Å². The van der Waals surface area contributed by atoms with Crippen LogP contribution in [0.4, 0.5) is 0 Å². The molecule has 0 unspecified atom stereocenters. The summed E-state index contributed by atoms with van der Waals surface area (Å²) in [5, 5.41) is 43.1. The van der Waals surface area contributed by atoms with E-state index >= 15 is 0 Å². The first-order valence-electron chi connectivity index (χ1n) is 26.4. The lowest BCUT2D eigenvalue weighted by atomic mass is 9.78. The van der Waals surface area contributed by atoms with Crippen molar-refractivity contribution < 1.29 is 77.6 Å². The minimum absolute atomic E-state index is 0.00697. The second-order valence-corrected chi connectivity index (χ2v) is 21.8. The molecule has 4 N–H and O–H groups in total. The van der Waals surface area contributed by atoms with E-state index in [1.165, 1.54) is 21.1 Å². The van der Waals surface area contributed by atoms with Gasteiger partial charge in [0.1, 0.15) is 41.7 Å². The number of nitrogens with zero attached hydrogens (tertiary/aromatic N) is 1. The van der Waals surface area contributed by atoms with Crippen LogP contribution in [0, 0.1) is 40.9 Å². The molecule has 1 amide bonds. The zero-order valence-corrected chi connectivity index (χ0v) is 45.3. The highest BCUT2D eigenvalue weighted by Gasteiger charge is 2.53. The van der Waals surface area contributed by atoms with E-state index in [0.717, 1.165) is 10.5 Å². The lowest BCUT2D eigenvalue weighted by Gasteiger charge is -2.42. The van der Waals surface area contributed by atoms with Gasteiger partial charge in [-0.3, -0.25) is 24.0 Å². The smallest absolute Gasteiger partial charge is 0.329 e. The fraction of sp³-hybridized carbons (Fsp3) is 0.750. The molecule has 412 valence electrons. The number of ether oxygens (including phenoxy) is 6. The van der Waals surface area contributed by atoms with Gasteiger partial charge < -0.3 is 53.7 Å². The lowest BCUT2D eigenvalue weighted by molar-refractivity contribution is -0.265. The van der Waals surface area contributed by atoms with Crippen molar-refractivity contribution in [1.82, 2.24) is 4.90 Å². The number of rotatable bonds is 10. The maximum absolute atomic E-state index is 14.5. The summed E-state index contributed by atoms with van der Waals surface area (Å²) in [6, 6.07) is -1.20. The number of ketones is 3. The number of piperidine rings is 1. The summed E-state index contributed by atoms with van der Waals surface area (Å²) in [5.74, 6) is -9.36. The number of esters is 2. The molecule has 0 aromatic heterocycles. The third-order valence-electron chi connectivity index (χ3n) is 15.9. The second kappa shape index (κ2) is 28.3.